The smallest absolute Gasteiger partial charge is 0.225 e. The van der Waals surface area contributed by atoms with E-state index in [2.05, 4.69) is 39.9 Å². The Balaban J connectivity index is 0.00000625. The summed E-state index contributed by atoms with van der Waals surface area (Å²) in [5.41, 5.74) is 1.66. The number of nitrogens with zero attached hydrogens (tertiary/aromatic N) is 2. The first-order valence-corrected chi connectivity index (χ1v) is 9.10. The molecule has 1 rings (SSSR count). The van der Waals surface area contributed by atoms with Gasteiger partial charge in [0, 0.05) is 37.0 Å². The molecule has 0 aliphatic heterocycles. The lowest BCUT2D eigenvalue weighted by Crippen LogP contribution is -2.43. The van der Waals surface area contributed by atoms with Crippen molar-refractivity contribution in [3.05, 3.63) is 17.0 Å². The third kappa shape index (κ3) is 7.92. The maximum absolute atomic E-state index is 11.9. The zero-order chi connectivity index (χ0) is 18.9. The van der Waals surface area contributed by atoms with Gasteiger partial charge in [0.25, 0.3) is 0 Å². The van der Waals surface area contributed by atoms with Gasteiger partial charge in [0.15, 0.2) is 5.96 Å². The molecule has 0 saturated heterocycles. The Morgan fingerprint density at radius 1 is 1.08 bits per heavy atom. The molecule has 26 heavy (non-hydrogen) atoms. The van der Waals surface area contributed by atoms with Crippen LogP contribution in [0.15, 0.2) is 9.52 Å². The Kier molecular flexibility index (Phi) is 11.5. The number of guanidine groups is 1. The van der Waals surface area contributed by atoms with Crippen molar-refractivity contribution in [2.24, 2.45) is 10.4 Å². The van der Waals surface area contributed by atoms with E-state index in [1.54, 1.807) is 0 Å². The topological polar surface area (TPSA) is 91.6 Å². The highest BCUT2D eigenvalue weighted by atomic mass is 127. The van der Waals surface area contributed by atoms with E-state index in [9.17, 15) is 4.79 Å². The van der Waals surface area contributed by atoms with Crippen molar-refractivity contribution in [1.29, 1.82) is 0 Å². The summed E-state index contributed by atoms with van der Waals surface area (Å²) in [5, 5.41) is 13.5. The van der Waals surface area contributed by atoms with Gasteiger partial charge in [0.2, 0.25) is 5.91 Å². The molecule has 1 aromatic rings. The lowest BCUT2D eigenvalue weighted by atomic mass is 9.96. The number of aryl methyl sites for hydroxylation is 2. The molecule has 8 heteroatoms. The second-order valence-corrected chi connectivity index (χ2v) is 6.87. The van der Waals surface area contributed by atoms with Crippen LogP contribution in [0.4, 0.5) is 0 Å². The van der Waals surface area contributed by atoms with Crippen molar-refractivity contribution in [2.75, 3.05) is 19.6 Å². The second-order valence-electron chi connectivity index (χ2n) is 6.87. The number of hydrogen-bond acceptors (Lipinski definition) is 4. The first-order valence-electron chi connectivity index (χ1n) is 9.10. The van der Waals surface area contributed by atoms with Crippen LogP contribution in [0.3, 0.4) is 0 Å². The van der Waals surface area contributed by atoms with E-state index in [1.165, 1.54) is 0 Å². The summed E-state index contributed by atoms with van der Waals surface area (Å²) in [6.45, 7) is 14.3. The van der Waals surface area contributed by atoms with E-state index in [0.717, 1.165) is 42.4 Å². The summed E-state index contributed by atoms with van der Waals surface area (Å²) in [5.74, 6) is 1.66. The number of halogens is 1. The van der Waals surface area contributed by atoms with Gasteiger partial charge in [-0.1, -0.05) is 39.8 Å². The second kappa shape index (κ2) is 12.1. The third-order valence-corrected chi connectivity index (χ3v) is 3.73. The van der Waals surface area contributed by atoms with Gasteiger partial charge < -0.3 is 20.5 Å². The largest absolute Gasteiger partial charge is 0.361 e. The fourth-order valence-electron chi connectivity index (χ4n) is 2.24. The molecule has 0 aliphatic carbocycles. The van der Waals surface area contributed by atoms with Crippen LogP contribution in [0, 0.1) is 5.41 Å². The van der Waals surface area contributed by atoms with Crippen LogP contribution < -0.4 is 16.0 Å². The Hall–Kier alpha value is -1.32. The van der Waals surface area contributed by atoms with Crippen LogP contribution in [0.2, 0.25) is 0 Å². The molecular weight excluding hydrogens is 445 g/mol. The lowest BCUT2D eigenvalue weighted by molar-refractivity contribution is -0.128. The quantitative estimate of drug-likeness (QED) is 0.231. The van der Waals surface area contributed by atoms with Gasteiger partial charge >= 0.3 is 0 Å². The standard InChI is InChI=1S/C18H33N5O2.HI/c1-7-14-13(15(8-2)25-23-14)12-22-17(19-9-3)21-11-10-20-16(24)18(4,5)6;/h7-12H2,1-6H3,(H,20,24)(H2,19,21,22);1H. The van der Waals surface area contributed by atoms with Crippen LogP contribution in [0.25, 0.3) is 0 Å². The van der Waals surface area contributed by atoms with Crippen LogP contribution in [0.5, 0.6) is 0 Å². The first kappa shape index (κ1) is 24.7. The number of rotatable bonds is 8. The molecule has 150 valence electrons. The maximum Gasteiger partial charge on any atom is 0.225 e. The van der Waals surface area contributed by atoms with Crippen molar-refractivity contribution in [1.82, 2.24) is 21.1 Å². The minimum absolute atomic E-state index is 0. The summed E-state index contributed by atoms with van der Waals surface area (Å²) in [7, 11) is 0. The zero-order valence-corrected chi connectivity index (χ0v) is 19.2. The average molecular weight is 479 g/mol. The van der Waals surface area contributed by atoms with Crippen molar-refractivity contribution < 1.29 is 9.32 Å². The van der Waals surface area contributed by atoms with Crippen LogP contribution in [0.1, 0.15) is 58.6 Å². The van der Waals surface area contributed by atoms with Crippen LogP contribution >= 0.6 is 24.0 Å². The Bertz CT molecular complexity index is 557. The minimum atomic E-state index is -0.375. The van der Waals surface area contributed by atoms with Crippen molar-refractivity contribution >= 4 is 35.8 Å². The molecule has 7 nitrogen and oxygen atoms in total. The molecule has 0 aliphatic rings. The maximum atomic E-state index is 11.9. The molecule has 3 N–H and O–H groups in total. The Morgan fingerprint density at radius 3 is 2.27 bits per heavy atom. The highest BCUT2D eigenvalue weighted by Gasteiger charge is 2.20. The van der Waals surface area contributed by atoms with Crippen LogP contribution in [-0.2, 0) is 24.2 Å². The Labute approximate surface area is 174 Å². The summed E-state index contributed by atoms with van der Waals surface area (Å²) in [6, 6.07) is 0. The number of amides is 1. The van der Waals surface area contributed by atoms with Crippen molar-refractivity contribution in [3.63, 3.8) is 0 Å². The molecule has 1 amide bonds. The van der Waals surface area contributed by atoms with E-state index in [1.807, 2.05) is 27.7 Å². The summed E-state index contributed by atoms with van der Waals surface area (Å²) in [4.78, 5) is 16.5. The highest BCUT2D eigenvalue weighted by molar-refractivity contribution is 14.0. The van der Waals surface area contributed by atoms with Gasteiger partial charge in [-0.05, 0) is 13.3 Å². The fraction of sp³-hybridized carbons (Fsp3) is 0.722. The molecule has 0 aromatic carbocycles. The summed E-state index contributed by atoms with van der Waals surface area (Å²) >= 11 is 0. The number of hydrogen-bond donors (Lipinski definition) is 3. The molecular formula is C18H34IN5O2. The predicted molar refractivity (Wildman–Crippen MR) is 116 cm³/mol. The number of carbonyl (C=O) groups is 1. The summed E-state index contributed by atoms with van der Waals surface area (Å²) < 4.78 is 5.38. The van der Waals surface area contributed by atoms with E-state index in [0.29, 0.717) is 19.6 Å². The molecule has 1 aromatic heterocycles. The lowest BCUT2D eigenvalue weighted by Gasteiger charge is -2.18. The van der Waals surface area contributed by atoms with Gasteiger partial charge in [-0.2, -0.15) is 0 Å². The molecule has 1 heterocycles. The molecule has 0 spiro atoms. The van der Waals surface area contributed by atoms with Crippen molar-refractivity contribution in [3.8, 4) is 0 Å². The predicted octanol–water partition coefficient (Wildman–Crippen LogP) is 2.63. The molecule has 0 saturated carbocycles. The first-order chi connectivity index (χ1) is 11.8. The van der Waals surface area contributed by atoms with Crippen molar-refractivity contribution in [2.45, 2.75) is 60.9 Å². The highest BCUT2D eigenvalue weighted by Crippen LogP contribution is 2.16. The van der Waals surface area contributed by atoms with Gasteiger partial charge in [0.1, 0.15) is 5.76 Å². The molecule has 0 bridgehead atoms. The number of aliphatic imine (C=N–C) groups is 1. The molecule has 0 atom stereocenters. The van der Waals surface area contributed by atoms with E-state index in [4.69, 9.17) is 4.52 Å². The van der Waals surface area contributed by atoms with Gasteiger partial charge in [-0.25, -0.2) is 4.99 Å². The molecule has 0 fully saturated rings. The third-order valence-electron chi connectivity index (χ3n) is 3.73. The van der Waals surface area contributed by atoms with E-state index in [-0.39, 0.29) is 35.3 Å². The number of aromatic nitrogens is 1. The van der Waals surface area contributed by atoms with E-state index < -0.39 is 0 Å². The zero-order valence-electron chi connectivity index (χ0n) is 16.9. The monoisotopic (exact) mass is 479 g/mol. The fourth-order valence-corrected chi connectivity index (χ4v) is 2.24. The summed E-state index contributed by atoms with van der Waals surface area (Å²) in [6.07, 6.45) is 1.64. The number of carbonyl (C=O) groups excluding carboxylic acids is 1. The average Bonchev–Trinajstić information content (AvgIpc) is 2.97. The van der Waals surface area contributed by atoms with Gasteiger partial charge in [0.05, 0.1) is 12.2 Å². The molecule has 0 radical (unpaired) electrons. The minimum Gasteiger partial charge on any atom is -0.361 e. The normalized spacial score (nSPS) is 11.7. The number of nitrogens with one attached hydrogen (secondary N) is 3. The Morgan fingerprint density at radius 2 is 1.73 bits per heavy atom. The molecule has 0 unspecified atom stereocenters. The SMILES string of the molecule is CCNC(=NCc1c(CC)noc1CC)NCCNC(=O)C(C)(C)C.I. The van der Waals surface area contributed by atoms with E-state index >= 15 is 0 Å². The van der Waals surface area contributed by atoms with Crippen LogP contribution in [-0.4, -0.2) is 36.7 Å². The van der Waals surface area contributed by atoms with Gasteiger partial charge in [-0.3, -0.25) is 4.79 Å². The van der Waals surface area contributed by atoms with Gasteiger partial charge in [-0.15, -0.1) is 24.0 Å².